The molecular weight excluding hydrogens is 414 g/mol. The van der Waals surface area contributed by atoms with Gasteiger partial charge in [-0.3, -0.25) is 0 Å². The van der Waals surface area contributed by atoms with Crippen LogP contribution in [-0.4, -0.2) is 0 Å². The zero-order valence-electron chi connectivity index (χ0n) is 13.9. The van der Waals surface area contributed by atoms with Crippen molar-refractivity contribution in [2.24, 2.45) is 0 Å². The Morgan fingerprint density at radius 3 is 2.33 bits per heavy atom. The van der Waals surface area contributed by atoms with Gasteiger partial charge in [-0.05, 0) is 0 Å². The second-order valence-electron chi connectivity index (χ2n) is 6.43. The van der Waals surface area contributed by atoms with E-state index >= 15 is 0 Å². The maximum Gasteiger partial charge on any atom is -1.00 e. The molecule has 0 saturated heterocycles. The second-order valence-corrected chi connectivity index (χ2v) is 11.5. The number of halogens is 2. The van der Waals surface area contributed by atoms with Crippen molar-refractivity contribution < 1.29 is 48.0 Å². The van der Waals surface area contributed by atoms with Crippen LogP contribution < -0.4 is 24.8 Å². The number of rotatable bonds is 3. The molecule has 2 aliphatic rings. The summed E-state index contributed by atoms with van der Waals surface area (Å²) in [6.45, 7) is 4.82. The Balaban J connectivity index is 0.00000104. The molecule has 4 rings (SSSR count). The maximum absolute atomic E-state index is 2.41. The third-order valence-electron chi connectivity index (χ3n) is 4.57. The van der Waals surface area contributed by atoms with Gasteiger partial charge in [-0.2, -0.15) is 0 Å². The normalized spacial score (nSPS) is 16.6. The van der Waals surface area contributed by atoms with Gasteiger partial charge in [0.2, 0.25) is 0 Å². The Morgan fingerprint density at radius 2 is 1.62 bits per heavy atom. The van der Waals surface area contributed by atoms with Crippen molar-refractivity contribution in [1.29, 1.82) is 0 Å². The molecule has 2 aliphatic carbocycles. The van der Waals surface area contributed by atoms with Gasteiger partial charge in [0.15, 0.2) is 0 Å². The van der Waals surface area contributed by atoms with E-state index in [4.69, 9.17) is 0 Å². The molecule has 0 fully saturated rings. The molecule has 1 atom stereocenters. The van der Waals surface area contributed by atoms with Gasteiger partial charge in [0, 0.05) is 0 Å². The summed E-state index contributed by atoms with van der Waals surface area (Å²) in [4.78, 5) is 0. The molecule has 0 amide bonds. The molecule has 0 radical (unpaired) electrons. The minimum Gasteiger partial charge on any atom is -1.00 e. The molecule has 0 spiro atoms. The van der Waals surface area contributed by atoms with E-state index in [1.54, 1.807) is 11.1 Å². The van der Waals surface area contributed by atoms with Crippen molar-refractivity contribution in [3.63, 3.8) is 0 Å². The largest absolute Gasteiger partial charge is 1.00 e. The Morgan fingerprint density at radius 1 is 0.917 bits per heavy atom. The third-order valence-corrected chi connectivity index (χ3v) is 8.51. The van der Waals surface area contributed by atoms with Crippen molar-refractivity contribution in [2.75, 3.05) is 0 Å². The Bertz CT molecular complexity index is 790. The number of allylic oxidation sites excluding steroid dienone is 4. The summed E-state index contributed by atoms with van der Waals surface area (Å²) in [5.74, 6) is 0. The van der Waals surface area contributed by atoms with Gasteiger partial charge in [-0.25, -0.2) is 0 Å². The van der Waals surface area contributed by atoms with Crippen LogP contribution in [0.25, 0.3) is 16.7 Å². The van der Waals surface area contributed by atoms with Crippen molar-refractivity contribution in [3.8, 4) is 11.1 Å². The molecule has 0 heterocycles. The first-order valence-corrected chi connectivity index (χ1v) is 10.9. The van der Waals surface area contributed by atoms with E-state index in [1.807, 2.05) is 0 Å². The van der Waals surface area contributed by atoms with Gasteiger partial charge in [0.1, 0.15) is 0 Å². The molecule has 0 aliphatic heterocycles. The molecule has 122 valence electrons. The van der Waals surface area contributed by atoms with Crippen LogP contribution in [0.1, 0.15) is 40.6 Å². The zero-order valence-corrected chi connectivity index (χ0v) is 17.9. The van der Waals surface area contributed by atoms with Gasteiger partial charge in [0.05, 0.1) is 0 Å². The summed E-state index contributed by atoms with van der Waals surface area (Å²) in [7, 11) is 0. The molecule has 2 aromatic rings. The molecular formula is C21H20Cl2Zr. The van der Waals surface area contributed by atoms with Gasteiger partial charge in [0.25, 0.3) is 0 Å². The maximum atomic E-state index is 2.41. The summed E-state index contributed by atoms with van der Waals surface area (Å²) >= 11 is -0.508. The van der Waals surface area contributed by atoms with E-state index in [1.165, 1.54) is 22.3 Å². The van der Waals surface area contributed by atoms with Crippen LogP contribution in [0.5, 0.6) is 0 Å². The SMILES string of the molecule is C[CH](C)[Zr+2][CH]1c2ccccc2-c2cccc(C3=CC=CC3)c21.[Cl-].[Cl-]. The van der Waals surface area contributed by atoms with Crippen molar-refractivity contribution in [3.05, 3.63) is 77.4 Å². The molecule has 0 N–H and O–H groups in total. The third kappa shape index (κ3) is 3.36. The Hall–Kier alpha value is -0.617. The molecule has 3 heteroatoms. The number of benzene rings is 2. The fourth-order valence-corrected chi connectivity index (χ4v) is 7.57. The second kappa shape index (κ2) is 8.17. The summed E-state index contributed by atoms with van der Waals surface area (Å²) in [5.41, 5.74) is 9.21. The van der Waals surface area contributed by atoms with Crippen LogP contribution in [0.15, 0.2) is 60.7 Å². The Kier molecular flexibility index (Phi) is 6.71. The number of fused-ring (bicyclic) bond motifs is 3. The first-order chi connectivity index (χ1) is 10.8. The van der Waals surface area contributed by atoms with Crippen molar-refractivity contribution in [2.45, 2.75) is 27.5 Å². The van der Waals surface area contributed by atoms with Crippen LogP contribution in [0, 0.1) is 0 Å². The summed E-state index contributed by atoms with van der Waals surface area (Å²) in [5, 5.41) is 0. The van der Waals surface area contributed by atoms with Gasteiger partial charge >= 0.3 is 145 Å². The van der Waals surface area contributed by atoms with Crippen LogP contribution in [0.4, 0.5) is 0 Å². The van der Waals surface area contributed by atoms with E-state index in [2.05, 4.69) is 74.5 Å². The minimum atomic E-state index is -0.508. The first kappa shape index (κ1) is 19.7. The van der Waals surface area contributed by atoms with Crippen molar-refractivity contribution >= 4 is 5.57 Å². The molecule has 24 heavy (non-hydrogen) atoms. The van der Waals surface area contributed by atoms with E-state index in [-0.39, 0.29) is 24.8 Å². The summed E-state index contributed by atoms with van der Waals surface area (Å²) < 4.78 is 1.59. The summed E-state index contributed by atoms with van der Waals surface area (Å²) in [6.07, 6.45) is 7.87. The molecule has 1 unspecified atom stereocenters. The molecule has 0 nitrogen and oxygen atoms in total. The average molecular weight is 435 g/mol. The van der Waals surface area contributed by atoms with Crippen LogP contribution in [0.2, 0.25) is 3.63 Å². The van der Waals surface area contributed by atoms with E-state index in [9.17, 15) is 0 Å². The van der Waals surface area contributed by atoms with E-state index in [0.717, 1.165) is 10.0 Å². The van der Waals surface area contributed by atoms with E-state index < -0.39 is 23.2 Å². The van der Waals surface area contributed by atoms with Crippen LogP contribution in [-0.2, 0) is 23.2 Å². The van der Waals surface area contributed by atoms with Gasteiger partial charge in [-0.1, -0.05) is 0 Å². The topological polar surface area (TPSA) is 0 Å². The fourth-order valence-electron chi connectivity index (χ4n) is 3.69. The monoisotopic (exact) mass is 432 g/mol. The quantitative estimate of drug-likeness (QED) is 0.639. The van der Waals surface area contributed by atoms with Crippen LogP contribution in [0.3, 0.4) is 0 Å². The number of hydrogen-bond acceptors (Lipinski definition) is 0. The zero-order chi connectivity index (χ0) is 15.1. The van der Waals surface area contributed by atoms with E-state index in [0.29, 0.717) is 3.63 Å². The van der Waals surface area contributed by atoms with Gasteiger partial charge < -0.3 is 24.8 Å². The Labute approximate surface area is 168 Å². The average Bonchev–Trinajstić information content (AvgIpc) is 3.15. The minimum absolute atomic E-state index is 0. The first-order valence-electron chi connectivity index (χ1n) is 8.10. The molecule has 0 saturated carbocycles. The number of hydrogen-bond donors (Lipinski definition) is 0. The predicted molar refractivity (Wildman–Crippen MR) is 90.6 cm³/mol. The molecule has 0 bridgehead atoms. The molecule has 0 aromatic heterocycles. The smallest absolute Gasteiger partial charge is 1.00 e. The van der Waals surface area contributed by atoms with Crippen LogP contribution >= 0.6 is 0 Å². The van der Waals surface area contributed by atoms with Gasteiger partial charge in [-0.15, -0.1) is 0 Å². The summed E-state index contributed by atoms with van der Waals surface area (Å²) in [6, 6.07) is 16.0. The van der Waals surface area contributed by atoms with Crippen molar-refractivity contribution in [1.82, 2.24) is 0 Å². The predicted octanol–water partition coefficient (Wildman–Crippen LogP) is 0.0185. The molecule has 2 aromatic carbocycles. The fraction of sp³-hybridized carbons (Fsp3) is 0.238. The standard InChI is InChI=1S/C18H13.C3H7.2ClH.Zr/c1-2-7-13(6-1)15-10-5-11-17-16-9-4-3-8-14(16)12-18(15)17;1-3-2;;;/h1-6,8-12H,7H2;3H,1-2H3;2*1H;/q;;;;+2/p-2.